The number of nitrogens with one attached hydrogen (secondary N) is 1. The van der Waals surface area contributed by atoms with Gasteiger partial charge in [0.15, 0.2) is 0 Å². The minimum atomic E-state index is -1.16. The first kappa shape index (κ1) is 15.7. The molecular formula is C16H20N2O2S. The van der Waals surface area contributed by atoms with E-state index < -0.39 is 5.60 Å². The van der Waals surface area contributed by atoms with Crippen LogP contribution in [0.3, 0.4) is 0 Å². The molecule has 5 heteroatoms. The maximum atomic E-state index is 12.0. The Morgan fingerprint density at radius 2 is 2.10 bits per heavy atom. The first-order valence-corrected chi connectivity index (χ1v) is 7.81. The number of aromatic nitrogens is 1. The molecule has 2 rings (SSSR count). The van der Waals surface area contributed by atoms with Gasteiger partial charge < -0.3 is 10.4 Å². The molecule has 0 radical (unpaired) electrons. The number of nitrogens with zero attached hydrogens (tertiary/aromatic N) is 1. The quantitative estimate of drug-likeness (QED) is 0.862. The normalized spacial score (nSPS) is 13.7. The van der Waals surface area contributed by atoms with E-state index in [9.17, 15) is 9.90 Å². The molecule has 112 valence electrons. The highest BCUT2D eigenvalue weighted by Gasteiger charge is 2.26. The standard InChI is InChI=1S/C16H20N2O2S/c1-3-13-10-18-15(21-13)11-17-14(19)9-16(2,20)12-7-5-4-6-8-12/h4-8,10,20H,3,9,11H2,1-2H3,(H,17,19). The van der Waals surface area contributed by atoms with E-state index in [0.29, 0.717) is 6.54 Å². The molecule has 1 heterocycles. The van der Waals surface area contributed by atoms with Gasteiger partial charge in [-0.15, -0.1) is 11.3 Å². The molecule has 2 N–H and O–H groups in total. The third-order valence-corrected chi connectivity index (χ3v) is 4.43. The molecule has 1 unspecified atom stereocenters. The van der Waals surface area contributed by atoms with Gasteiger partial charge >= 0.3 is 0 Å². The molecular weight excluding hydrogens is 284 g/mol. The van der Waals surface area contributed by atoms with Crippen LogP contribution in [0, 0.1) is 0 Å². The third kappa shape index (κ3) is 4.37. The van der Waals surface area contributed by atoms with E-state index in [4.69, 9.17) is 0 Å². The molecule has 21 heavy (non-hydrogen) atoms. The molecule has 0 saturated heterocycles. The van der Waals surface area contributed by atoms with E-state index in [0.717, 1.165) is 17.0 Å². The summed E-state index contributed by atoms with van der Waals surface area (Å²) in [6.45, 7) is 4.14. The molecule has 0 aliphatic rings. The minimum Gasteiger partial charge on any atom is -0.385 e. The van der Waals surface area contributed by atoms with Crippen molar-refractivity contribution in [1.29, 1.82) is 0 Å². The predicted octanol–water partition coefficient (Wildman–Crippen LogP) is 2.62. The fraction of sp³-hybridized carbons (Fsp3) is 0.375. The van der Waals surface area contributed by atoms with Crippen LogP contribution in [0.4, 0.5) is 0 Å². The lowest BCUT2D eigenvalue weighted by atomic mass is 9.92. The van der Waals surface area contributed by atoms with Crippen molar-refractivity contribution in [3.63, 3.8) is 0 Å². The molecule has 1 aromatic carbocycles. The second-order valence-corrected chi connectivity index (χ2v) is 6.37. The van der Waals surface area contributed by atoms with Crippen molar-refractivity contribution >= 4 is 17.2 Å². The van der Waals surface area contributed by atoms with Gasteiger partial charge in [0.1, 0.15) is 5.01 Å². The molecule has 0 fully saturated rings. The summed E-state index contributed by atoms with van der Waals surface area (Å²) in [7, 11) is 0. The zero-order chi connectivity index (χ0) is 15.3. The molecule has 0 bridgehead atoms. The third-order valence-electron chi connectivity index (χ3n) is 3.29. The highest BCUT2D eigenvalue weighted by Crippen LogP contribution is 2.24. The first-order chi connectivity index (χ1) is 10.0. The van der Waals surface area contributed by atoms with Crippen LogP contribution in [0.5, 0.6) is 0 Å². The van der Waals surface area contributed by atoms with Crippen molar-refractivity contribution in [1.82, 2.24) is 10.3 Å². The predicted molar refractivity (Wildman–Crippen MR) is 84.0 cm³/mol. The van der Waals surface area contributed by atoms with E-state index in [2.05, 4.69) is 17.2 Å². The summed E-state index contributed by atoms with van der Waals surface area (Å²) in [6.07, 6.45) is 2.82. The van der Waals surface area contributed by atoms with E-state index in [1.165, 1.54) is 4.88 Å². The van der Waals surface area contributed by atoms with Gasteiger partial charge in [0.2, 0.25) is 5.91 Å². The van der Waals surface area contributed by atoms with Gasteiger partial charge in [0.05, 0.1) is 18.6 Å². The summed E-state index contributed by atoms with van der Waals surface area (Å²) in [4.78, 5) is 17.4. The largest absolute Gasteiger partial charge is 0.385 e. The topological polar surface area (TPSA) is 62.2 Å². The van der Waals surface area contributed by atoms with Crippen molar-refractivity contribution < 1.29 is 9.90 Å². The van der Waals surface area contributed by atoms with Crippen molar-refractivity contribution in [2.24, 2.45) is 0 Å². The highest BCUT2D eigenvalue weighted by molar-refractivity contribution is 7.11. The zero-order valence-corrected chi connectivity index (χ0v) is 13.1. The van der Waals surface area contributed by atoms with E-state index in [1.807, 2.05) is 36.5 Å². The molecule has 1 aromatic heterocycles. The van der Waals surface area contributed by atoms with E-state index in [1.54, 1.807) is 18.3 Å². The SMILES string of the molecule is CCc1cnc(CNC(=O)CC(C)(O)c2ccccc2)s1. The van der Waals surface area contributed by atoms with Crippen LogP contribution < -0.4 is 5.32 Å². The van der Waals surface area contributed by atoms with Crippen molar-refractivity contribution in [2.75, 3.05) is 0 Å². The number of carbonyl (C=O) groups is 1. The Kier molecular flexibility index (Phi) is 5.09. The summed E-state index contributed by atoms with van der Waals surface area (Å²) in [6, 6.07) is 9.23. The molecule has 1 atom stereocenters. The summed E-state index contributed by atoms with van der Waals surface area (Å²) in [5.74, 6) is -0.183. The average molecular weight is 304 g/mol. The monoisotopic (exact) mass is 304 g/mol. The highest BCUT2D eigenvalue weighted by atomic mass is 32.1. The van der Waals surface area contributed by atoms with Crippen LogP contribution in [-0.4, -0.2) is 16.0 Å². The Morgan fingerprint density at radius 3 is 2.71 bits per heavy atom. The Morgan fingerprint density at radius 1 is 1.38 bits per heavy atom. The van der Waals surface area contributed by atoms with Crippen molar-refractivity contribution in [3.05, 3.63) is 52.0 Å². The maximum absolute atomic E-state index is 12.0. The van der Waals surface area contributed by atoms with Crippen LogP contribution >= 0.6 is 11.3 Å². The van der Waals surface area contributed by atoms with Crippen LogP contribution in [-0.2, 0) is 23.4 Å². The Bertz CT molecular complexity index is 593. The van der Waals surface area contributed by atoms with Gasteiger partial charge in [-0.05, 0) is 18.9 Å². The number of thiazole rings is 1. The summed E-state index contributed by atoms with van der Waals surface area (Å²) < 4.78 is 0. The Balaban J connectivity index is 1.89. The smallest absolute Gasteiger partial charge is 0.223 e. The van der Waals surface area contributed by atoms with Crippen molar-refractivity contribution in [2.45, 2.75) is 38.8 Å². The second-order valence-electron chi connectivity index (χ2n) is 5.17. The number of aryl methyl sites for hydroxylation is 1. The summed E-state index contributed by atoms with van der Waals surface area (Å²) in [5.41, 5.74) is -0.425. The van der Waals surface area contributed by atoms with Gasteiger partial charge in [-0.2, -0.15) is 0 Å². The summed E-state index contributed by atoms with van der Waals surface area (Å²) in [5, 5.41) is 14.1. The van der Waals surface area contributed by atoms with Gasteiger partial charge in [0, 0.05) is 11.1 Å². The van der Waals surface area contributed by atoms with Crippen LogP contribution in [0.15, 0.2) is 36.5 Å². The minimum absolute atomic E-state index is 0.0308. The van der Waals surface area contributed by atoms with Gasteiger partial charge in [-0.25, -0.2) is 4.98 Å². The molecule has 0 aliphatic carbocycles. The molecule has 4 nitrogen and oxygen atoms in total. The number of carbonyl (C=O) groups excluding carboxylic acids is 1. The van der Waals surface area contributed by atoms with Crippen LogP contribution in [0.2, 0.25) is 0 Å². The van der Waals surface area contributed by atoms with Crippen LogP contribution in [0.25, 0.3) is 0 Å². The van der Waals surface area contributed by atoms with Gasteiger partial charge in [0.25, 0.3) is 0 Å². The van der Waals surface area contributed by atoms with Gasteiger partial charge in [-0.3, -0.25) is 4.79 Å². The number of hydrogen-bond acceptors (Lipinski definition) is 4. The first-order valence-electron chi connectivity index (χ1n) is 6.99. The molecule has 2 aromatic rings. The molecule has 0 spiro atoms. The van der Waals surface area contributed by atoms with E-state index >= 15 is 0 Å². The average Bonchev–Trinajstić information content (AvgIpc) is 2.94. The fourth-order valence-corrected chi connectivity index (χ4v) is 2.84. The van der Waals surface area contributed by atoms with Crippen LogP contribution in [0.1, 0.15) is 35.7 Å². The molecule has 0 saturated carbocycles. The van der Waals surface area contributed by atoms with E-state index in [-0.39, 0.29) is 12.3 Å². The molecule has 1 amide bonds. The number of rotatable bonds is 6. The Labute approximate surface area is 128 Å². The zero-order valence-electron chi connectivity index (χ0n) is 12.3. The van der Waals surface area contributed by atoms with Crippen molar-refractivity contribution in [3.8, 4) is 0 Å². The summed E-state index contributed by atoms with van der Waals surface area (Å²) >= 11 is 1.60. The lowest BCUT2D eigenvalue weighted by Crippen LogP contribution is -2.32. The Hall–Kier alpha value is -1.72. The second kappa shape index (κ2) is 6.83. The number of benzene rings is 1. The lowest BCUT2D eigenvalue weighted by molar-refractivity contribution is -0.126. The fourth-order valence-electron chi connectivity index (χ4n) is 2.04. The number of amides is 1. The number of aliphatic hydroxyl groups is 1. The maximum Gasteiger partial charge on any atom is 0.223 e. The number of hydrogen-bond donors (Lipinski definition) is 2. The van der Waals surface area contributed by atoms with Gasteiger partial charge in [-0.1, -0.05) is 37.3 Å². The molecule has 0 aliphatic heterocycles. The lowest BCUT2D eigenvalue weighted by Gasteiger charge is -2.23.